The largest absolute Gasteiger partial charge is 0.339 e. The molecular formula is C28H31N3O. The minimum atomic E-state index is -0.138. The van der Waals surface area contributed by atoms with Crippen molar-refractivity contribution in [3.8, 4) is 0 Å². The predicted molar refractivity (Wildman–Crippen MR) is 133 cm³/mol. The summed E-state index contributed by atoms with van der Waals surface area (Å²) in [6, 6.07) is 24.3. The van der Waals surface area contributed by atoms with Gasteiger partial charge in [0.1, 0.15) is 6.33 Å². The lowest BCUT2D eigenvalue weighted by Crippen LogP contribution is -2.30. The molecule has 0 aliphatic heterocycles. The first-order chi connectivity index (χ1) is 15.7. The van der Waals surface area contributed by atoms with Crippen LogP contribution >= 0.6 is 0 Å². The Hall–Kier alpha value is -3.40. The number of amides is 1. The second-order valence-electron chi connectivity index (χ2n) is 8.26. The molecule has 4 aromatic rings. The van der Waals surface area contributed by atoms with Crippen LogP contribution in [0.4, 0.5) is 16.2 Å². The molecule has 0 unspecified atom stereocenters. The number of carbonyl (C=O) groups excluding carboxylic acids is 1. The number of nitrogens with zero attached hydrogens (tertiary/aromatic N) is 3. The average Bonchev–Trinajstić information content (AvgIpc) is 3.27. The summed E-state index contributed by atoms with van der Waals surface area (Å²) in [4.78, 5) is 20.0. The Morgan fingerprint density at radius 1 is 0.781 bits per heavy atom. The first kappa shape index (κ1) is 21.8. The van der Waals surface area contributed by atoms with Gasteiger partial charge in [0.05, 0.1) is 22.4 Å². The van der Waals surface area contributed by atoms with Crippen molar-refractivity contribution in [1.29, 1.82) is 0 Å². The van der Waals surface area contributed by atoms with Crippen molar-refractivity contribution >= 4 is 28.4 Å². The molecule has 164 valence electrons. The lowest BCUT2D eigenvalue weighted by Gasteiger charge is -2.24. The van der Waals surface area contributed by atoms with E-state index < -0.39 is 0 Å². The molecule has 0 saturated carbocycles. The molecule has 0 atom stereocenters. The van der Waals surface area contributed by atoms with Gasteiger partial charge in [-0.05, 0) is 73.2 Å². The number of fused-ring (bicyclic) bond motifs is 1. The highest BCUT2D eigenvalue weighted by molar-refractivity contribution is 6.04. The highest BCUT2D eigenvalue weighted by atomic mass is 16.2. The van der Waals surface area contributed by atoms with Crippen LogP contribution in [0.15, 0.2) is 79.1 Å². The van der Waals surface area contributed by atoms with Crippen LogP contribution in [0.5, 0.6) is 0 Å². The average molecular weight is 426 g/mol. The van der Waals surface area contributed by atoms with Gasteiger partial charge >= 0.3 is 6.03 Å². The van der Waals surface area contributed by atoms with Crippen LogP contribution in [0, 0.1) is 0 Å². The van der Waals surface area contributed by atoms with E-state index in [0.29, 0.717) is 0 Å². The quantitative estimate of drug-likeness (QED) is 0.293. The molecule has 4 nitrogen and oxygen atoms in total. The topological polar surface area (TPSA) is 38.1 Å². The number of anilines is 2. The van der Waals surface area contributed by atoms with Gasteiger partial charge in [-0.3, -0.25) is 4.90 Å². The van der Waals surface area contributed by atoms with Gasteiger partial charge in [0.2, 0.25) is 0 Å². The molecule has 4 rings (SSSR count). The van der Waals surface area contributed by atoms with Crippen molar-refractivity contribution in [2.75, 3.05) is 4.90 Å². The summed E-state index contributed by atoms with van der Waals surface area (Å²) in [6.07, 6.45) is 8.41. The number of para-hydroxylation sites is 2. The molecule has 1 amide bonds. The Labute approximate surface area is 190 Å². The Balaban J connectivity index is 1.71. The third kappa shape index (κ3) is 4.75. The fraction of sp³-hybridized carbons (Fsp3) is 0.286. The van der Waals surface area contributed by atoms with Gasteiger partial charge in [0.15, 0.2) is 0 Å². The standard InChI is InChI=1S/C28H31N3O/c1-3-5-9-22-13-17-24(18-14-22)31(25-19-15-23(16-20-25)10-6-4-2)28(32)30-21-29-26-11-7-8-12-27(26)30/h7-8,11-21H,3-6,9-10H2,1-2H3. The summed E-state index contributed by atoms with van der Waals surface area (Å²) < 4.78 is 1.63. The molecule has 3 aromatic carbocycles. The van der Waals surface area contributed by atoms with Crippen LogP contribution in [0.1, 0.15) is 50.7 Å². The second-order valence-corrected chi connectivity index (χ2v) is 8.26. The van der Waals surface area contributed by atoms with Crippen LogP contribution in [0.2, 0.25) is 0 Å². The zero-order valence-corrected chi connectivity index (χ0v) is 19.0. The van der Waals surface area contributed by atoms with Crippen LogP contribution < -0.4 is 4.90 Å². The maximum Gasteiger partial charge on any atom is 0.339 e. The van der Waals surface area contributed by atoms with Crippen molar-refractivity contribution in [2.24, 2.45) is 0 Å². The summed E-state index contributed by atoms with van der Waals surface area (Å²) in [5.74, 6) is 0. The van der Waals surface area contributed by atoms with E-state index in [1.54, 1.807) is 15.8 Å². The molecular weight excluding hydrogens is 394 g/mol. The number of benzene rings is 3. The van der Waals surface area contributed by atoms with E-state index in [4.69, 9.17) is 0 Å². The van der Waals surface area contributed by atoms with E-state index in [0.717, 1.165) is 35.2 Å². The van der Waals surface area contributed by atoms with Crippen LogP contribution in [-0.4, -0.2) is 15.6 Å². The number of aromatic nitrogens is 2. The van der Waals surface area contributed by atoms with Crippen molar-refractivity contribution in [3.05, 3.63) is 90.3 Å². The molecule has 0 fully saturated rings. The van der Waals surface area contributed by atoms with Gasteiger partial charge < -0.3 is 0 Å². The Kier molecular flexibility index (Phi) is 7.00. The summed E-state index contributed by atoms with van der Waals surface area (Å²) >= 11 is 0. The highest BCUT2D eigenvalue weighted by Gasteiger charge is 2.21. The normalized spacial score (nSPS) is 11.1. The van der Waals surface area contributed by atoms with Crippen molar-refractivity contribution in [1.82, 2.24) is 9.55 Å². The van der Waals surface area contributed by atoms with Crippen molar-refractivity contribution in [3.63, 3.8) is 0 Å². The van der Waals surface area contributed by atoms with E-state index >= 15 is 0 Å². The monoisotopic (exact) mass is 425 g/mol. The Bertz CT molecular complexity index is 1110. The van der Waals surface area contributed by atoms with E-state index in [9.17, 15) is 4.79 Å². The number of unbranched alkanes of at least 4 members (excludes halogenated alkanes) is 2. The van der Waals surface area contributed by atoms with Crippen molar-refractivity contribution in [2.45, 2.75) is 52.4 Å². The molecule has 4 heteroatoms. The molecule has 1 aromatic heterocycles. The van der Waals surface area contributed by atoms with Crippen LogP contribution in [0.25, 0.3) is 11.0 Å². The molecule has 1 heterocycles. The maximum absolute atomic E-state index is 13.8. The third-order valence-electron chi connectivity index (χ3n) is 5.88. The van der Waals surface area contributed by atoms with Gasteiger partial charge in [-0.2, -0.15) is 0 Å². The van der Waals surface area contributed by atoms with E-state index in [-0.39, 0.29) is 6.03 Å². The van der Waals surface area contributed by atoms with Gasteiger partial charge in [-0.15, -0.1) is 0 Å². The molecule has 0 aliphatic rings. The number of carbonyl (C=O) groups is 1. The minimum absolute atomic E-state index is 0.138. The smallest absolute Gasteiger partial charge is 0.262 e. The second kappa shape index (κ2) is 10.3. The van der Waals surface area contributed by atoms with Gasteiger partial charge in [-0.1, -0.05) is 63.1 Å². The van der Waals surface area contributed by atoms with E-state index in [2.05, 4.69) is 43.1 Å². The number of hydrogen-bond acceptors (Lipinski definition) is 2. The SMILES string of the molecule is CCCCc1ccc(N(C(=O)n2cnc3ccccc32)c2ccc(CCCC)cc2)cc1. The lowest BCUT2D eigenvalue weighted by molar-refractivity contribution is 0.250. The zero-order valence-electron chi connectivity index (χ0n) is 19.0. The van der Waals surface area contributed by atoms with Gasteiger partial charge in [0, 0.05) is 0 Å². The van der Waals surface area contributed by atoms with Gasteiger partial charge in [-0.25, -0.2) is 14.3 Å². The molecule has 0 saturated heterocycles. The van der Waals surface area contributed by atoms with Crippen molar-refractivity contribution < 1.29 is 4.79 Å². The summed E-state index contributed by atoms with van der Waals surface area (Å²) in [6.45, 7) is 4.41. The van der Waals surface area contributed by atoms with Gasteiger partial charge in [0.25, 0.3) is 0 Å². The zero-order chi connectivity index (χ0) is 22.3. The minimum Gasteiger partial charge on any atom is -0.262 e. The first-order valence-electron chi connectivity index (χ1n) is 11.7. The number of rotatable bonds is 8. The summed E-state index contributed by atoms with van der Waals surface area (Å²) in [5, 5.41) is 0. The first-order valence-corrected chi connectivity index (χ1v) is 11.7. The number of aryl methyl sites for hydroxylation is 2. The molecule has 0 spiro atoms. The number of hydrogen-bond donors (Lipinski definition) is 0. The lowest BCUT2D eigenvalue weighted by atomic mass is 10.1. The van der Waals surface area contributed by atoms with Crippen LogP contribution in [0.3, 0.4) is 0 Å². The third-order valence-corrected chi connectivity index (χ3v) is 5.88. The predicted octanol–water partition coefficient (Wildman–Crippen LogP) is 7.53. The molecule has 0 bridgehead atoms. The summed E-state index contributed by atoms with van der Waals surface area (Å²) in [5.41, 5.74) is 5.92. The van der Waals surface area contributed by atoms with Crippen LogP contribution in [-0.2, 0) is 12.8 Å². The molecule has 0 aliphatic carbocycles. The molecule has 0 radical (unpaired) electrons. The summed E-state index contributed by atoms with van der Waals surface area (Å²) in [7, 11) is 0. The number of imidazole rings is 1. The fourth-order valence-corrected chi connectivity index (χ4v) is 3.97. The van der Waals surface area contributed by atoms with E-state index in [1.807, 2.05) is 48.5 Å². The fourth-order valence-electron chi connectivity index (χ4n) is 3.97. The van der Waals surface area contributed by atoms with E-state index in [1.165, 1.54) is 36.8 Å². The highest BCUT2D eigenvalue weighted by Crippen LogP contribution is 2.29. The molecule has 0 N–H and O–H groups in total. The molecule has 32 heavy (non-hydrogen) atoms. The maximum atomic E-state index is 13.8. The Morgan fingerprint density at radius 2 is 1.31 bits per heavy atom. The Morgan fingerprint density at radius 3 is 1.84 bits per heavy atom.